The zero-order valence-corrected chi connectivity index (χ0v) is 15.6. The van der Waals surface area contributed by atoms with Crippen LogP contribution in [0.5, 0.6) is 0 Å². The van der Waals surface area contributed by atoms with Gasteiger partial charge >= 0.3 is 0 Å². The maximum atomic E-state index is 14.2. The molecule has 0 saturated carbocycles. The molecule has 140 valence electrons. The number of hydrogen-bond donors (Lipinski definition) is 1. The van der Waals surface area contributed by atoms with Crippen molar-refractivity contribution in [1.82, 2.24) is 0 Å². The highest BCUT2D eigenvalue weighted by Crippen LogP contribution is 2.40. The molecule has 0 unspecified atom stereocenters. The number of benzene rings is 2. The first kappa shape index (κ1) is 19.3. The van der Waals surface area contributed by atoms with Crippen molar-refractivity contribution in [3.63, 3.8) is 0 Å². The Labute approximate surface area is 159 Å². The van der Waals surface area contributed by atoms with Crippen LogP contribution in [0.4, 0.5) is 14.5 Å². The maximum Gasteiger partial charge on any atom is 0.272 e. The third-order valence-corrected chi connectivity index (χ3v) is 5.24. The van der Waals surface area contributed by atoms with E-state index < -0.39 is 23.4 Å². The summed E-state index contributed by atoms with van der Waals surface area (Å²) in [5.74, 6) is -2.93. The van der Waals surface area contributed by atoms with Gasteiger partial charge in [0.25, 0.3) is 11.8 Å². The van der Waals surface area contributed by atoms with E-state index in [9.17, 15) is 18.4 Å². The van der Waals surface area contributed by atoms with E-state index in [1.54, 1.807) is 6.07 Å². The van der Waals surface area contributed by atoms with Crippen LogP contribution >= 0.6 is 11.8 Å². The molecule has 1 aliphatic rings. The number of amides is 2. The van der Waals surface area contributed by atoms with Crippen LogP contribution < -0.4 is 4.90 Å². The van der Waals surface area contributed by atoms with E-state index >= 15 is 0 Å². The number of anilines is 1. The SMILES string of the molecule is Cc1ccc(C2=C(SCCO)C(=O)N(c3ccc(F)cc3F)C2=O)c(C)c1. The van der Waals surface area contributed by atoms with E-state index in [4.69, 9.17) is 5.11 Å². The summed E-state index contributed by atoms with van der Waals surface area (Å²) in [6.45, 7) is 3.55. The second kappa shape index (κ2) is 7.62. The van der Waals surface area contributed by atoms with Gasteiger partial charge in [0, 0.05) is 11.8 Å². The van der Waals surface area contributed by atoms with Crippen molar-refractivity contribution in [2.45, 2.75) is 13.8 Å². The molecule has 0 radical (unpaired) electrons. The highest BCUT2D eigenvalue weighted by atomic mass is 32.2. The number of halogens is 2. The number of aliphatic hydroxyl groups is 1. The quantitative estimate of drug-likeness (QED) is 0.794. The van der Waals surface area contributed by atoms with Crippen LogP contribution in [-0.4, -0.2) is 29.3 Å². The largest absolute Gasteiger partial charge is 0.396 e. The molecular weight excluding hydrogens is 372 g/mol. The summed E-state index contributed by atoms with van der Waals surface area (Å²) in [5, 5.41) is 9.13. The molecule has 0 bridgehead atoms. The molecule has 0 atom stereocenters. The highest BCUT2D eigenvalue weighted by Gasteiger charge is 2.41. The number of carbonyl (C=O) groups is 2. The van der Waals surface area contributed by atoms with Crippen molar-refractivity contribution in [2.75, 3.05) is 17.3 Å². The number of rotatable bonds is 5. The smallest absolute Gasteiger partial charge is 0.272 e. The second-order valence-electron chi connectivity index (χ2n) is 6.14. The molecule has 0 fully saturated rings. The topological polar surface area (TPSA) is 57.6 Å². The van der Waals surface area contributed by atoms with E-state index in [1.807, 2.05) is 26.0 Å². The Morgan fingerprint density at radius 2 is 1.78 bits per heavy atom. The first-order chi connectivity index (χ1) is 12.8. The van der Waals surface area contributed by atoms with E-state index in [0.29, 0.717) is 11.6 Å². The van der Waals surface area contributed by atoms with Crippen LogP contribution in [0, 0.1) is 25.5 Å². The predicted octanol–water partition coefficient (Wildman–Crippen LogP) is 3.59. The van der Waals surface area contributed by atoms with Crippen molar-refractivity contribution >= 4 is 34.8 Å². The van der Waals surface area contributed by atoms with E-state index in [2.05, 4.69) is 0 Å². The molecule has 7 heteroatoms. The molecule has 1 heterocycles. The molecule has 0 aliphatic carbocycles. The molecule has 2 aromatic carbocycles. The van der Waals surface area contributed by atoms with Gasteiger partial charge in [0.2, 0.25) is 0 Å². The molecule has 2 aromatic rings. The summed E-state index contributed by atoms with van der Waals surface area (Å²) in [4.78, 5) is 26.8. The number of hydrogen-bond acceptors (Lipinski definition) is 4. The summed E-state index contributed by atoms with van der Waals surface area (Å²) in [6, 6.07) is 8.15. The molecule has 0 saturated heterocycles. The third-order valence-electron chi connectivity index (χ3n) is 4.18. The van der Waals surface area contributed by atoms with E-state index in [1.165, 1.54) is 0 Å². The second-order valence-corrected chi connectivity index (χ2v) is 7.24. The minimum atomic E-state index is -0.995. The lowest BCUT2D eigenvalue weighted by atomic mass is 9.99. The standard InChI is InChI=1S/C20H17F2NO3S/c1-11-3-5-14(12(2)9-11)17-18(27-8-7-24)20(26)23(19(17)25)16-6-4-13(21)10-15(16)22/h3-6,9-10,24H,7-8H2,1-2H3. The van der Waals surface area contributed by atoms with Crippen molar-refractivity contribution in [1.29, 1.82) is 0 Å². The van der Waals surface area contributed by atoms with Gasteiger partial charge in [-0.1, -0.05) is 23.8 Å². The fraction of sp³-hybridized carbons (Fsp3) is 0.200. The summed E-state index contributed by atoms with van der Waals surface area (Å²) in [7, 11) is 0. The number of imide groups is 1. The van der Waals surface area contributed by atoms with Gasteiger partial charge in [-0.2, -0.15) is 0 Å². The normalized spacial score (nSPS) is 14.5. The van der Waals surface area contributed by atoms with Gasteiger partial charge in [0.1, 0.15) is 11.6 Å². The Morgan fingerprint density at radius 3 is 2.41 bits per heavy atom. The lowest BCUT2D eigenvalue weighted by Gasteiger charge is -2.16. The van der Waals surface area contributed by atoms with Gasteiger partial charge in [0.05, 0.1) is 22.8 Å². The van der Waals surface area contributed by atoms with Crippen molar-refractivity contribution in [2.24, 2.45) is 0 Å². The van der Waals surface area contributed by atoms with Gasteiger partial charge < -0.3 is 5.11 Å². The minimum Gasteiger partial charge on any atom is -0.396 e. The molecular formula is C20H17F2NO3S. The fourth-order valence-corrected chi connectivity index (χ4v) is 3.86. The number of thioether (sulfide) groups is 1. The van der Waals surface area contributed by atoms with Crippen LogP contribution in [0.2, 0.25) is 0 Å². The van der Waals surface area contributed by atoms with Crippen LogP contribution in [0.3, 0.4) is 0 Å². The van der Waals surface area contributed by atoms with Gasteiger partial charge in [-0.3, -0.25) is 9.59 Å². The molecule has 27 heavy (non-hydrogen) atoms. The summed E-state index contributed by atoms with van der Waals surface area (Å²) >= 11 is 1.04. The van der Waals surface area contributed by atoms with Gasteiger partial charge in [-0.15, -0.1) is 11.8 Å². The average molecular weight is 389 g/mol. The summed E-state index contributed by atoms with van der Waals surface area (Å²) in [6.07, 6.45) is 0. The van der Waals surface area contributed by atoms with Crippen molar-refractivity contribution in [3.05, 3.63) is 69.6 Å². The van der Waals surface area contributed by atoms with Crippen LogP contribution in [-0.2, 0) is 9.59 Å². The number of carbonyl (C=O) groups excluding carboxylic acids is 2. The van der Waals surface area contributed by atoms with E-state index in [0.717, 1.165) is 39.9 Å². The Hall–Kier alpha value is -2.51. The molecule has 0 aromatic heterocycles. The zero-order valence-electron chi connectivity index (χ0n) is 14.8. The molecule has 1 aliphatic heterocycles. The zero-order chi connectivity index (χ0) is 19.7. The predicted molar refractivity (Wildman–Crippen MR) is 101 cm³/mol. The van der Waals surface area contributed by atoms with Gasteiger partial charge in [0.15, 0.2) is 0 Å². The van der Waals surface area contributed by atoms with E-state index in [-0.39, 0.29) is 28.5 Å². The van der Waals surface area contributed by atoms with Crippen LogP contribution in [0.1, 0.15) is 16.7 Å². The molecule has 0 spiro atoms. The highest BCUT2D eigenvalue weighted by molar-refractivity contribution is 8.04. The Bertz CT molecular complexity index is 972. The fourth-order valence-electron chi connectivity index (χ4n) is 3.00. The molecule has 4 nitrogen and oxygen atoms in total. The van der Waals surface area contributed by atoms with Crippen molar-refractivity contribution < 1.29 is 23.5 Å². The Balaban J connectivity index is 2.14. The molecule has 1 N–H and O–H groups in total. The van der Waals surface area contributed by atoms with Crippen LogP contribution in [0.15, 0.2) is 41.3 Å². The first-order valence-corrected chi connectivity index (χ1v) is 9.23. The Morgan fingerprint density at radius 1 is 1.04 bits per heavy atom. The molecule has 3 rings (SSSR count). The van der Waals surface area contributed by atoms with Crippen molar-refractivity contribution in [3.8, 4) is 0 Å². The lowest BCUT2D eigenvalue weighted by molar-refractivity contribution is -0.119. The first-order valence-electron chi connectivity index (χ1n) is 8.24. The van der Waals surface area contributed by atoms with Crippen LogP contribution in [0.25, 0.3) is 5.57 Å². The summed E-state index contributed by atoms with van der Waals surface area (Å²) in [5.41, 5.74) is 2.24. The van der Waals surface area contributed by atoms with Gasteiger partial charge in [-0.25, -0.2) is 13.7 Å². The summed E-state index contributed by atoms with van der Waals surface area (Å²) < 4.78 is 27.5. The minimum absolute atomic E-state index is 0.143. The number of aliphatic hydroxyl groups excluding tert-OH is 1. The molecule has 2 amide bonds. The third kappa shape index (κ3) is 3.52. The monoisotopic (exact) mass is 389 g/mol. The Kier molecular flexibility index (Phi) is 5.43. The lowest BCUT2D eigenvalue weighted by Crippen LogP contribution is -2.32. The average Bonchev–Trinajstić information content (AvgIpc) is 2.84. The van der Waals surface area contributed by atoms with Gasteiger partial charge in [-0.05, 0) is 37.1 Å². The maximum absolute atomic E-state index is 14.2. The number of aryl methyl sites for hydroxylation is 2. The number of nitrogens with zero attached hydrogens (tertiary/aromatic N) is 1.